The van der Waals surface area contributed by atoms with Crippen molar-refractivity contribution >= 4 is 28.3 Å². The largest absolute Gasteiger partial charge is 0.501 e. The first-order chi connectivity index (χ1) is 15.9. The van der Waals surface area contributed by atoms with Crippen LogP contribution in [0.5, 0.6) is 11.5 Å². The number of halogens is 1. The van der Waals surface area contributed by atoms with Gasteiger partial charge >= 0.3 is 11.3 Å². The van der Waals surface area contributed by atoms with Crippen LogP contribution in [0.25, 0.3) is 11.0 Å². The molecule has 174 valence electrons. The molecular weight excluding hydrogens is 450 g/mol. The lowest BCUT2D eigenvalue weighted by molar-refractivity contribution is -0.388. The van der Waals surface area contributed by atoms with Gasteiger partial charge in [-0.3, -0.25) is 15.0 Å². The Morgan fingerprint density at radius 2 is 1.79 bits per heavy atom. The van der Waals surface area contributed by atoms with E-state index in [-0.39, 0.29) is 11.0 Å². The molecule has 1 aliphatic rings. The normalized spacial score (nSPS) is 15.1. The van der Waals surface area contributed by atoms with Crippen LogP contribution in [-0.2, 0) is 6.54 Å². The summed E-state index contributed by atoms with van der Waals surface area (Å²) in [4.78, 5) is 26.6. The maximum Gasteiger partial charge on any atom is 0.419 e. The number of nitro groups is 1. The monoisotopic (exact) mass is 473 g/mol. The predicted molar refractivity (Wildman–Crippen MR) is 124 cm³/mol. The van der Waals surface area contributed by atoms with Gasteiger partial charge in [0.2, 0.25) is 5.75 Å². The molecule has 0 aliphatic carbocycles. The molecule has 0 bridgehead atoms. The minimum absolute atomic E-state index is 0.0393. The fourth-order valence-corrected chi connectivity index (χ4v) is 4.03. The van der Waals surface area contributed by atoms with Crippen molar-refractivity contribution < 1.29 is 19.2 Å². The van der Waals surface area contributed by atoms with Gasteiger partial charge in [-0.15, -0.1) is 0 Å². The van der Waals surface area contributed by atoms with Gasteiger partial charge in [-0.05, 0) is 36.2 Å². The molecule has 0 spiro atoms. The number of piperazine rings is 1. The van der Waals surface area contributed by atoms with E-state index in [0.717, 1.165) is 50.7 Å². The molecule has 2 heterocycles. The average Bonchev–Trinajstić information content (AvgIpc) is 2.79. The Bertz CT molecular complexity index is 1190. The lowest BCUT2D eigenvalue weighted by atomic mass is 10.2. The third-order valence-corrected chi connectivity index (χ3v) is 5.93. The maximum absolute atomic E-state index is 11.8. The minimum Gasteiger partial charge on any atom is -0.501 e. The number of nitrogens with zero attached hydrogens (tertiary/aromatic N) is 3. The number of aromatic hydroxyl groups is 1. The fourth-order valence-electron chi connectivity index (χ4n) is 3.90. The van der Waals surface area contributed by atoms with Gasteiger partial charge in [0.15, 0.2) is 0 Å². The molecular formula is C23H24ClN3O6. The molecule has 0 atom stereocenters. The summed E-state index contributed by atoms with van der Waals surface area (Å²) in [6, 6.07) is 12.4. The molecule has 10 heteroatoms. The SMILES string of the molecule is O=c1oc2cc(OCCCN3CCN(Cc4ccc(Cl)cc4)CC3)ccc2c(O)c1[N+](=O)[O-]. The van der Waals surface area contributed by atoms with E-state index in [9.17, 15) is 20.0 Å². The van der Waals surface area contributed by atoms with Crippen LogP contribution < -0.4 is 10.4 Å². The van der Waals surface area contributed by atoms with Crippen LogP contribution in [0.3, 0.4) is 0 Å². The van der Waals surface area contributed by atoms with Crippen LogP contribution in [0.4, 0.5) is 5.69 Å². The van der Waals surface area contributed by atoms with Crippen LogP contribution >= 0.6 is 11.6 Å². The first-order valence-electron chi connectivity index (χ1n) is 10.7. The summed E-state index contributed by atoms with van der Waals surface area (Å²) in [5.74, 6) is -0.236. The Labute approximate surface area is 194 Å². The highest BCUT2D eigenvalue weighted by Crippen LogP contribution is 2.32. The van der Waals surface area contributed by atoms with Crippen molar-refractivity contribution in [2.45, 2.75) is 13.0 Å². The Hall–Kier alpha value is -3.14. The highest BCUT2D eigenvalue weighted by atomic mass is 35.5. The molecule has 0 amide bonds. The van der Waals surface area contributed by atoms with E-state index in [1.807, 2.05) is 12.1 Å². The standard InChI is InChI=1S/C23H24ClN3O6/c24-17-4-2-16(3-5-17)15-26-11-9-25(10-12-26)8-1-13-32-18-6-7-19-20(14-18)33-23(29)21(22(19)28)27(30)31/h2-7,14,28H,1,8-13,15H2. The molecule has 3 aromatic rings. The second-order valence-corrected chi connectivity index (χ2v) is 8.38. The Balaban J connectivity index is 1.23. The van der Waals surface area contributed by atoms with Crippen molar-refractivity contribution in [3.63, 3.8) is 0 Å². The lowest BCUT2D eigenvalue weighted by Gasteiger charge is -2.34. The van der Waals surface area contributed by atoms with Crippen molar-refractivity contribution in [3.8, 4) is 11.5 Å². The van der Waals surface area contributed by atoms with Gasteiger partial charge in [-0.1, -0.05) is 23.7 Å². The zero-order chi connectivity index (χ0) is 23.4. The summed E-state index contributed by atoms with van der Waals surface area (Å²) in [5, 5.41) is 21.8. The molecule has 1 saturated heterocycles. The molecule has 33 heavy (non-hydrogen) atoms. The van der Waals surface area contributed by atoms with Crippen LogP contribution in [0.2, 0.25) is 5.02 Å². The van der Waals surface area contributed by atoms with Gasteiger partial charge < -0.3 is 19.2 Å². The fraction of sp³-hybridized carbons (Fsp3) is 0.348. The number of fused-ring (bicyclic) bond motifs is 1. The van der Waals surface area contributed by atoms with Gasteiger partial charge in [0.05, 0.1) is 16.9 Å². The van der Waals surface area contributed by atoms with Gasteiger partial charge in [-0.25, -0.2) is 4.79 Å². The van der Waals surface area contributed by atoms with E-state index in [0.29, 0.717) is 12.4 Å². The topological polar surface area (TPSA) is 109 Å². The van der Waals surface area contributed by atoms with Crippen LogP contribution in [-0.4, -0.2) is 59.2 Å². The number of hydrogen-bond donors (Lipinski definition) is 1. The third-order valence-electron chi connectivity index (χ3n) is 5.68. The van der Waals surface area contributed by atoms with E-state index in [2.05, 4.69) is 21.9 Å². The summed E-state index contributed by atoms with van der Waals surface area (Å²) in [7, 11) is 0. The average molecular weight is 474 g/mol. The first-order valence-corrected chi connectivity index (χ1v) is 11.0. The molecule has 1 aliphatic heterocycles. The van der Waals surface area contributed by atoms with Crippen molar-refractivity contribution in [3.05, 3.63) is 73.6 Å². The highest BCUT2D eigenvalue weighted by molar-refractivity contribution is 6.30. The molecule has 4 rings (SSSR count). The van der Waals surface area contributed by atoms with Gasteiger partial charge in [-0.2, -0.15) is 0 Å². The smallest absolute Gasteiger partial charge is 0.419 e. The summed E-state index contributed by atoms with van der Waals surface area (Å²) in [5.41, 5.74) is -0.866. The Morgan fingerprint density at radius 3 is 2.48 bits per heavy atom. The van der Waals surface area contributed by atoms with E-state index >= 15 is 0 Å². The molecule has 1 N–H and O–H groups in total. The van der Waals surface area contributed by atoms with Crippen LogP contribution in [0.15, 0.2) is 51.7 Å². The second-order valence-electron chi connectivity index (χ2n) is 7.95. The van der Waals surface area contributed by atoms with Gasteiger partial charge in [0.25, 0.3) is 0 Å². The van der Waals surface area contributed by atoms with E-state index < -0.39 is 22.0 Å². The molecule has 0 saturated carbocycles. The first kappa shape index (κ1) is 23.0. The second kappa shape index (κ2) is 10.2. The van der Waals surface area contributed by atoms with Crippen molar-refractivity contribution in [1.82, 2.24) is 9.80 Å². The number of rotatable bonds is 8. The summed E-state index contributed by atoms with van der Waals surface area (Å²) in [6.07, 6.45) is 0.824. The molecule has 9 nitrogen and oxygen atoms in total. The zero-order valence-electron chi connectivity index (χ0n) is 17.9. The summed E-state index contributed by atoms with van der Waals surface area (Å²) < 4.78 is 10.7. The molecule has 1 fully saturated rings. The van der Waals surface area contributed by atoms with E-state index in [4.69, 9.17) is 20.8 Å². The van der Waals surface area contributed by atoms with Crippen molar-refractivity contribution in [2.75, 3.05) is 39.3 Å². The minimum atomic E-state index is -1.20. The van der Waals surface area contributed by atoms with Gasteiger partial charge in [0.1, 0.15) is 11.3 Å². The Morgan fingerprint density at radius 1 is 1.09 bits per heavy atom. The van der Waals surface area contributed by atoms with E-state index in [1.165, 1.54) is 17.7 Å². The zero-order valence-corrected chi connectivity index (χ0v) is 18.7. The lowest BCUT2D eigenvalue weighted by Crippen LogP contribution is -2.46. The number of ether oxygens (including phenoxy) is 1. The number of hydrogen-bond acceptors (Lipinski definition) is 8. The maximum atomic E-state index is 11.8. The summed E-state index contributed by atoms with van der Waals surface area (Å²) >= 11 is 5.95. The molecule has 1 aromatic heterocycles. The summed E-state index contributed by atoms with van der Waals surface area (Å²) in [6.45, 7) is 6.29. The van der Waals surface area contributed by atoms with Crippen molar-refractivity contribution in [2.24, 2.45) is 0 Å². The molecule has 0 unspecified atom stereocenters. The Kier molecular flexibility index (Phi) is 7.12. The third kappa shape index (κ3) is 5.62. The van der Waals surface area contributed by atoms with Crippen LogP contribution in [0, 0.1) is 10.1 Å². The van der Waals surface area contributed by atoms with Gasteiger partial charge in [0, 0.05) is 50.4 Å². The van der Waals surface area contributed by atoms with Crippen molar-refractivity contribution in [1.29, 1.82) is 0 Å². The number of benzene rings is 2. The quantitative estimate of drug-likeness (QED) is 0.228. The van der Waals surface area contributed by atoms with E-state index in [1.54, 1.807) is 6.07 Å². The highest BCUT2D eigenvalue weighted by Gasteiger charge is 2.24. The predicted octanol–water partition coefficient (Wildman–Crippen LogP) is 3.65. The van der Waals surface area contributed by atoms with Crippen LogP contribution in [0.1, 0.15) is 12.0 Å². The molecule has 0 radical (unpaired) electrons. The molecule has 2 aromatic carbocycles.